The van der Waals surface area contributed by atoms with E-state index in [1.54, 1.807) is 6.08 Å². The summed E-state index contributed by atoms with van der Waals surface area (Å²) in [5.41, 5.74) is 4.64. The lowest BCUT2D eigenvalue weighted by Gasteiger charge is -2.22. The Morgan fingerprint density at radius 3 is 2.48 bits per heavy atom. The number of ether oxygens (including phenoxy) is 3. The van der Waals surface area contributed by atoms with Crippen molar-refractivity contribution in [1.29, 1.82) is 0 Å². The van der Waals surface area contributed by atoms with Gasteiger partial charge in [-0.25, -0.2) is 4.79 Å². The Kier molecular flexibility index (Phi) is 6.53. The van der Waals surface area contributed by atoms with Crippen molar-refractivity contribution in [3.63, 3.8) is 0 Å². The van der Waals surface area contributed by atoms with Crippen LogP contribution in [-0.4, -0.2) is 19.7 Å². The molecule has 27 heavy (non-hydrogen) atoms. The number of hydrogen-bond acceptors (Lipinski definition) is 4. The minimum atomic E-state index is -0.453. The Balaban J connectivity index is 1.90. The van der Waals surface area contributed by atoms with Gasteiger partial charge in [-0.2, -0.15) is 0 Å². The van der Waals surface area contributed by atoms with Crippen molar-refractivity contribution < 1.29 is 19.0 Å². The van der Waals surface area contributed by atoms with Crippen molar-refractivity contribution >= 4 is 12.0 Å². The molecule has 1 aliphatic carbocycles. The molecule has 0 aliphatic heterocycles. The molecule has 0 atom stereocenters. The molecule has 2 aromatic carbocycles. The summed E-state index contributed by atoms with van der Waals surface area (Å²) >= 11 is 0. The van der Waals surface area contributed by atoms with Crippen LogP contribution in [0.1, 0.15) is 42.0 Å². The molecular formula is C23H26O4. The lowest BCUT2D eigenvalue weighted by molar-refractivity contribution is -0.139. The maximum absolute atomic E-state index is 12.0. The second-order valence-electron chi connectivity index (χ2n) is 6.52. The van der Waals surface area contributed by atoms with Gasteiger partial charge in [0.15, 0.2) is 0 Å². The van der Waals surface area contributed by atoms with Crippen LogP contribution < -0.4 is 4.74 Å². The van der Waals surface area contributed by atoms with Gasteiger partial charge in [-0.1, -0.05) is 36.4 Å². The molecule has 0 saturated carbocycles. The topological polar surface area (TPSA) is 44.8 Å². The number of methoxy groups -OCH3 is 1. The minimum Gasteiger partial charge on any atom is -0.489 e. The monoisotopic (exact) mass is 366 g/mol. The van der Waals surface area contributed by atoms with E-state index < -0.39 is 5.97 Å². The Morgan fingerprint density at radius 2 is 1.78 bits per heavy atom. The Morgan fingerprint density at radius 1 is 1.04 bits per heavy atom. The zero-order chi connectivity index (χ0) is 19.1. The first-order valence-electron chi connectivity index (χ1n) is 9.47. The van der Waals surface area contributed by atoms with Crippen molar-refractivity contribution in [2.75, 3.05) is 13.7 Å². The lowest BCUT2D eigenvalue weighted by Crippen LogP contribution is -2.11. The van der Waals surface area contributed by atoms with E-state index in [0.717, 1.165) is 42.6 Å². The number of carbonyl (C=O) groups is 1. The standard InChI is InChI=1S/C23H26O4/c1-3-26-22(23(24)25-2)15-18-13-14-21(20-12-8-7-11-19(18)20)27-16-17-9-5-4-6-10-17/h4-6,9-10,13-15H,3,7-8,11-12,16H2,1-2H3. The number of carbonyl (C=O) groups excluding carboxylic acids is 1. The van der Waals surface area contributed by atoms with Crippen molar-refractivity contribution in [2.24, 2.45) is 0 Å². The summed E-state index contributed by atoms with van der Waals surface area (Å²) in [5.74, 6) is 0.721. The van der Waals surface area contributed by atoms with Crippen LogP contribution >= 0.6 is 0 Å². The quantitative estimate of drug-likeness (QED) is 0.405. The van der Waals surface area contributed by atoms with Gasteiger partial charge in [0.1, 0.15) is 12.4 Å². The largest absolute Gasteiger partial charge is 0.489 e. The third kappa shape index (κ3) is 4.70. The number of fused-ring (bicyclic) bond motifs is 1. The molecule has 0 amide bonds. The van der Waals surface area contributed by atoms with Gasteiger partial charge in [0, 0.05) is 0 Å². The molecule has 4 nitrogen and oxygen atoms in total. The van der Waals surface area contributed by atoms with Gasteiger partial charge in [0.2, 0.25) is 5.76 Å². The summed E-state index contributed by atoms with van der Waals surface area (Å²) in [4.78, 5) is 12.0. The molecule has 0 radical (unpaired) electrons. The zero-order valence-electron chi connectivity index (χ0n) is 16.0. The molecule has 0 unspecified atom stereocenters. The van der Waals surface area contributed by atoms with Crippen molar-refractivity contribution in [2.45, 2.75) is 39.2 Å². The fourth-order valence-corrected chi connectivity index (χ4v) is 3.43. The van der Waals surface area contributed by atoms with Crippen molar-refractivity contribution in [1.82, 2.24) is 0 Å². The highest BCUT2D eigenvalue weighted by atomic mass is 16.6. The van der Waals surface area contributed by atoms with Gasteiger partial charge >= 0.3 is 5.97 Å². The van der Waals surface area contributed by atoms with Gasteiger partial charge in [-0.05, 0) is 67.0 Å². The van der Waals surface area contributed by atoms with Crippen LogP contribution in [0.5, 0.6) is 5.75 Å². The Hall–Kier alpha value is -2.75. The van der Waals surface area contributed by atoms with Crippen LogP contribution in [0.4, 0.5) is 0 Å². The number of esters is 1. The number of hydrogen-bond donors (Lipinski definition) is 0. The maximum atomic E-state index is 12.0. The highest BCUT2D eigenvalue weighted by Gasteiger charge is 2.19. The Labute approximate surface area is 160 Å². The average Bonchev–Trinajstić information content (AvgIpc) is 2.73. The SMILES string of the molecule is CCOC(=Cc1ccc(OCc2ccccc2)c2c1CCCC2)C(=O)OC. The predicted molar refractivity (Wildman–Crippen MR) is 105 cm³/mol. The molecule has 0 aromatic heterocycles. The highest BCUT2D eigenvalue weighted by molar-refractivity contribution is 5.91. The molecule has 0 bridgehead atoms. The fourth-order valence-electron chi connectivity index (χ4n) is 3.43. The molecule has 0 heterocycles. The molecule has 2 aromatic rings. The minimum absolute atomic E-state index is 0.241. The van der Waals surface area contributed by atoms with Gasteiger partial charge < -0.3 is 14.2 Å². The molecule has 1 aliphatic rings. The second kappa shape index (κ2) is 9.26. The van der Waals surface area contributed by atoms with Crippen molar-refractivity contribution in [3.8, 4) is 5.75 Å². The molecule has 0 fully saturated rings. The number of rotatable bonds is 7. The van der Waals surface area contributed by atoms with E-state index in [1.165, 1.54) is 18.2 Å². The molecule has 0 saturated heterocycles. The van der Waals surface area contributed by atoms with Crippen LogP contribution in [0.2, 0.25) is 0 Å². The highest BCUT2D eigenvalue weighted by Crippen LogP contribution is 2.34. The van der Waals surface area contributed by atoms with E-state index in [2.05, 4.69) is 12.1 Å². The van der Waals surface area contributed by atoms with E-state index in [9.17, 15) is 4.79 Å². The summed E-state index contributed by atoms with van der Waals surface area (Å²) in [5, 5.41) is 0. The van der Waals surface area contributed by atoms with E-state index in [-0.39, 0.29) is 5.76 Å². The van der Waals surface area contributed by atoms with Crippen LogP contribution in [-0.2, 0) is 33.7 Å². The zero-order valence-corrected chi connectivity index (χ0v) is 16.0. The molecule has 0 N–H and O–H groups in total. The van der Waals surface area contributed by atoms with Gasteiger partial charge in [-0.3, -0.25) is 0 Å². The van der Waals surface area contributed by atoms with E-state index in [0.29, 0.717) is 13.2 Å². The lowest BCUT2D eigenvalue weighted by atomic mass is 9.87. The molecule has 3 rings (SSSR count). The normalized spacial score (nSPS) is 13.6. The number of benzene rings is 2. The summed E-state index contributed by atoms with van der Waals surface area (Å²) in [6.07, 6.45) is 6.05. The third-order valence-electron chi connectivity index (χ3n) is 4.74. The van der Waals surface area contributed by atoms with E-state index in [1.807, 2.05) is 37.3 Å². The molecule has 142 valence electrons. The fraction of sp³-hybridized carbons (Fsp3) is 0.348. The van der Waals surface area contributed by atoms with Crippen LogP contribution in [0.25, 0.3) is 6.08 Å². The summed E-state index contributed by atoms with van der Waals surface area (Å²) < 4.78 is 16.4. The average molecular weight is 366 g/mol. The molecule has 0 spiro atoms. The third-order valence-corrected chi connectivity index (χ3v) is 4.74. The van der Waals surface area contributed by atoms with Crippen LogP contribution in [0.15, 0.2) is 48.2 Å². The summed E-state index contributed by atoms with van der Waals surface area (Å²) in [7, 11) is 1.37. The first kappa shape index (κ1) is 19.0. The van der Waals surface area contributed by atoms with Gasteiger partial charge in [-0.15, -0.1) is 0 Å². The van der Waals surface area contributed by atoms with Gasteiger partial charge in [0.25, 0.3) is 0 Å². The van der Waals surface area contributed by atoms with E-state index >= 15 is 0 Å². The first-order valence-corrected chi connectivity index (χ1v) is 9.47. The molecule has 4 heteroatoms. The summed E-state index contributed by atoms with van der Waals surface area (Å²) in [6, 6.07) is 14.2. The predicted octanol–water partition coefficient (Wildman–Crippen LogP) is 4.69. The van der Waals surface area contributed by atoms with Crippen LogP contribution in [0.3, 0.4) is 0 Å². The first-order chi connectivity index (χ1) is 13.2. The molecular weight excluding hydrogens is 340 g/mol. The maximum Gasteiger partial charge on any atom is 0.373 e. The smallest absolute Gasteiger partial charge is 0.373 e. The second-order valence-corrected chi connectivity index (χ2v) is 6.52. The summed E-state index contributed by atoms with van der Waals surface area (Å²) in [6.45, 7) is 2.82. The van der Waals surface area contributed by atoms with Crippen molar-refractivity contribution in [3.05, 3.63) is 70.5 Å². The van der Waals surface area contributed by atoms with E-state index in [4.69, 9.17) is 14.2 Å². The Bertz CT molecular complexity index is 809. The van der Waals surface area contributed by atoms with Gasteiger partial charge in [0.05, 0.1) is 13.7 Å². The van der Waals surface area contributed by atoms with Crippen LogP contribution in [0, 0.1) is 0 Å².